The smallest absolute Gasteiger partial charge is 0.166 e. The number of hydrogen-bond donors (Lipinski definition) is 2. The van der Waals surface area contributed by atoms with E-state index in [-0.39, 0.29) is 0 Å². The number of aryl methyl sites for hydroxylation is 1. The second-order valence-corrected chi connectivity index (χ2v) is 6.43. The first-order valence-electron chi connectivity index (χ1n) is 8.40. The molecule has 1 aliphatic rings. The highest BCUT2D eigenvalue weighted by molar-refractivity contribution is 5.84. The molecule has 4 rings (SSSR count). The maximum Gasteiger partial charge on any atom is 0.166 e. The van der Waals surface area contributed by atoms with Gasteiger partial charge in [-0.05, 0) is 25.3 Å². The third-order valence-electron chi connectivity index (χ3n) is 4.51. The minimum absolute atomic E-state index is 0.426. The first-order valence-corrected chi connectivity index (χ1v) is 8.40. The van der Waals surface area contributed by atoms with Gasteiger partial charge >= 0.3 is 0 Å². The van der Waals surface area contributed by atoms with E-state index in [0.717, 1.165) is 22.6 Å². The predicted octanol–water partition coefficient (Wildman–Crippen LogP) is 2.82. The highest BCUT2D eigenvalue weighted by Crippen LogP contribution is 2.29. The van der Waals surface area contributed by atoms with Gasteiger partial charge in [0, 0.05) is 24.5 Å². The van der Waals surface area contributed by atoms with Crippen molar-refractivity contribution in [2.24, 2.45) is 0 Å². The molecule has 0 unspecified atom stereocenters. The molecule has 0 amide bonds. The Kier molecular flexibility index (Phi) is 3.76. The minimum Gasteiger partial charge on any atom is -0.382 e. The van der Waals surface area contributed by atoms with Crippen LogP contribution in [0.5, 0.6) is 0 Å². The molecule has 1 saturated carbocycles. The van der Waals surface area contributed by atoms with Crippen molar-refractivity contribution in [3.63, 3.8) is 0 Å². The normalized spacial score (nSPS) is 15.7. The number of nitrogen functional groups attached to an aromatic ring is 1. The molecule has 3 N–H and O–H groups in total. The quantitative estimate of drug-likeness (QED) is 0.770. The van der Waals surface area contributed by atoms with Gasteiger partial charge in [-0.2, -0.15) is 0 Å². The van der Waals surface area contributed by atoms with Crippen molar-refractivity contribution >= 4 is 17.3 Å². The van der Waals surface area contributed by atoms with Gasteiger partial charge in [0.05, 0.1) is 11.3 Å². The van der Waals surface area contributed by atoms with Crippen LogP contribution in [0.3, 0.4) is 0 Å². The molecular formula is C17H21N7. The molecule has 1 aliphatic carbocycles. The van der Waals surface area contributed by atoms with Gasteiger partial charge in [0.1, 0.15) is 12.1 Å². The second-order valence-electron chi connectivity index (χ2n) is 6.43. The molecule has 0 aliphatic heterocycles. The van der Waals surface area contributed by atoms with Gasteiger partial charge in [-0.1, -0.05) is 19.3 Å². The molecule has 7 heteroatoms. The van der Waals surface area contributed by atoms with E-state index in [2.05, 4.69) is 25.4 Å². The summed E-state index contributed by atoms with van der Waals surface area (Å²) in [7, 11) is 0. The molecule has 3 aromatic heterocycles. The van der Waals surface area contributed by atoms with E-state index in [1.165, 1.54) is 32.1 Å². The van der Waals surface area contributed by atoms with Crippen molar-refractivity contribution < 1.29 is 0 Å². The predicted molar refractivity (Wildman–Crippen MR) is 93.7 cm³/mol. The summed E-state index contributed by atoms with van der Waals surface area (Å²) in [6.45, 7) is 1.97. The van der Waals surface area contributed by atoms with Crippen LogP contribution in [-0.4, -0.2) is 30.6 Å². The summed E-state index contributed by atoms with van der Waals surface area (Å²) in [5.41, 5.74) is 9.35. The highest BCUT2D eigenvalue weighted by atomic mass is 15.3. The number of fused-ring (bicyclic) bond motifs is 1. The van der Waals surface area contributed by atoms with E-state index in [9.17, 15) is 0 Å². The summed E-state index contributed by atoms with van der Waals surface area (Å²) in [6, 6.07) is 2.42. The number of aromatic nitrogens is 5. The SMILES string of the molecule is Cc1cnc2c(-c3cc(NC4CCCCC4)ncn3)c(N)nn2c1. The van der Waals surface area contributed by atoms with Crippen molar-refractivity contribution in [3.8, 4) is 11.3 Å². The molecule has 0 saturated heterocycles. The van der Waals surface area contributed by atoms with Crippen LogP contribution in [0.25, 0.3) is 16.9 Å². The van der Waals surface area contributed by atoms with Crippen molar-refractivity contribution in [2.75, 3.05) is 11.1 Å². The maximum absolute atomic E-state index is 6.12. The van der Waals surface area contributed by atoms with Gasteiger partial charge in [-0.25, -0.2) is 19.5 Å². The largest absolute Gasteiger partial charge is 0.382 e. The zero-order valence-electron chi connectivity index (χ0n) is 13.7. The molecule has 0 spiro atoms. The van der Waals surface area contributed by atoms with E-state index in [0.29, 0.717) is 17.5 Å². The Morgan fingerprint density at radius 1 is 1.17 bits per heavy atom. The monoisotopic (exact) mass is 323 g/mol. The summed E-state index contributed by atoms with van der Waals surface area (Å²) in [5.74, 6) is 1.26. The van der Waals surface area contributed by atoms with Crippen molar-refractivity contribution in [1.82, 2.24) is 24.6 Å². The summed E-state index contributed by atoms with van der Waals surface area (Å²) >= 11 is 0. The third-order valence-corrected chi connectivity index (χ3v) is 4.51. The number of hydrogen-bond acceptors (Lipinski definition) is 6. The zero-order valence-corrected chi connectivity index (χ0v) is 13.7. The van der Waals surface area contributed by atoms with Crippen LogP contribution in [-0.2, 0) is 0 Å². The fourth-order valence-electron chi connectivity index (χ4n) is 3.32. The third kappa shape index (κ3) is 2.77. The lowest BCUT2D eigenvalue weighted by Crippen LogP contribution is -2.22. The van der Waals surface area contributed by atoms with Crippen molar-refractivity contribution in [2.45, 2.75) is 45.1 Å². The summed E-state index contributed by atoms with van der Waals surface area (Å²) < 4.78 is 1.70. The summed E-state index contributed by atoms with van der Waals surface area (Å²) in [4.78, 5) is 13.2. The van der Waals surface area contributed by atoms with Gasteiger partial charge in [0.2, 0.25) is 0 Å². The molecule has 24 heavy (non-hydrogen) atoms. The van der Waals surface area contributed by atoms with Crippen molar-refractivity contribution in [3.05, 3.63) is 30.4 Å². The number of nitrogens with two attached hydrogens (primary N) is 1. The zero-order chi connectivity index (χ0) is 16.5. The lowest BCUT2D eigenvalue weighted by Gasteiger charge is -2.23. The fourth-order valence-corrected chi connectivity index (χ4v) is 3.32. The highest BCUT2D eigenvalue weighted by Gasteiger charge is 2.17. The topological polar surface area (TPSA) is 94.0 Å². The Bertz CT molecular complexity index is 865. The molecule has 1 fully saturated rings. The Morgan fingerprint density at radius 3 is 2.83 bits per heavy atom. The molecule has 0 radical (unpaired) electrons. The molecule has 124 valence electrons. The molecule has 3 aromatic rings. The fraction of sp³-hybridized carbons (Fsp3) is 0.412. The van der Waals surface area contributed by atoms with Crippen LogP contribution >= 0.6 is 0 Å². The average Bonchev–Trinajstić information content (AvgIpc) is 2.91. The van der Waals surface area contributed by atoms with Gasteiger partial charge in [0.15, 0.2) is 11.5 Å². The lowest BCUT2D eigenvalue weighted by atomic mass is 9.95. The van der Waals surface area contributed by atoms with Crippen LogP contribution in [0.2, 0.25) is 0 Å². The van der Waals surface area contributed by atoms with Crippen LogP contribution in [0.4, 0.5) is 11.6 Å². The summed E-state index contributed by atoms with van der Waals surface area (Å²) in [5, 5.41) is 7.87. The van der Waals surface area contributed by atoms with Crippen LogP contribution in [0.15, 0.2) is 24.8 Å². The van der Waals surface area contributed by atoms with E-state index in [1.54, 1.807) is 10.8 Å². The first kappa shape index (κ1) is 14.9. The summed E-state index contributed by atoms with van der Waals surface area (Å²) in [6.07, 6.45) is 11.6. The Balaban J connectivity index is 1.69. The number of anilines is 2. The molecule has 0 aromatic carbocycles. The Labute approximate surface area is 140 Å². The van der Waals surface area contributed by atoms with Gasteiger partial charge in [0.25, 0.3) is 0 Å². The van der Waals surface area contributed by atoms with Crippen LogP contribution < -0.4 is 11.1 Å². The molecular weight excluding hydrogens is 302 g/mol. The molecule has 3 heterocycles. The second kappa shape index (κ2) is 6.07. The van der Waals surface area contributed by atoms with E-state index in [4.69, 9.17) is 5.73 Å². The van der Waals surface area contributed by atoms with Gasteiger partial charge in [-0.3, -0.25) is 0 Å². The van der Waals surface area contributed by atoms with E-state index < -0.39 is 0 Å². The van der Waals surface area contributed by atoms with Gasteiger partial charge < -0.3 is 11.1 Å². The number of nitrogens with one attached hydrogen (secondary N) is 1. The Morgan fingerprint density at radius 2 is 2.00 bits per heavy atom. The van der Waals surface area contributed by atoms with E-state index in [1.807, 2.05) is 25.4 Å². The average molecular weight is 323 g/mol. The minimum atomic E-state index is 0.426. The van der Waals surface area contributed by atoms with Gasteiger partial charge in [-0.15, -0.1) is 5.10 Å². The van der Waals surface area contributed by atoms with Crippen molar-refractivity contribution in [1.29, 1.82) is 0 Å². The molecule has 0 atom stereocenters. The van der Waals surface area contributed by atoms with E-state index >= 15 is 0 Å². The van der Waals surface area contributed by atoms with Crippen LogP contribution in [0, 0.1) is 6.92 Å². The number of rotatable bonds is 3. The first-order chi connectivity index (χ1) is 11.7. The Hall–Kier alpha value is -2.70. The maximum atomic E-state index is 6.12. The molecule has 7 nitrogen and oxygen atoms in total. The van der Waals surface area contributed by atoms with Crippen LogP contribution in [0.1, 0.15) is 37.7 Å². The standard InChI is InChI=1S/C17H21N7/c1-11-8-19-17-15(16(18)23-24(17)9-11)13-7-14(21-10-20-13)22-12-5-3-2-4-6-12/h7-10,12H,2-6H2,1H3,(H2,18,23)(H,20,21,22). The number of nitrogens with zero attached hydrogens (tertiary/aromatic N) is 5. The lowest BCUT2D eigenvalue weighted by molar-refractivity contribution is 0.462. The molecule has 0 bridgehead atoms.